The SMILES string of the molecule is CC/C=C\C/C=C\C/C=C\C/C=C\CCCCCCCCCCCCC(=O)OCC(COC(=O)CCCCCCCCC/C=C\CCCCCCCCC)OC(=O)CCCCCCCCCCCCCCCCCCCCCCC. The van der Waals surface area contributed by atoms with Gasteiger partial charge in [-0.3, -0.25) is 14.4 Å². The third kappa shape index (κ3) is 65.9. The molecule has 0 aliphatic rings. The lowest BCUT2D eigenvalue weighted by Gasteiger charge is -2.18. The normalized spacial score (nSPS) is 12.4. The predicted octanol–water partition coefficient (Wildman–Crippen LogP) is 24.3. The highest BCUT2D eigenvalue weighted by Crippen LogP contribution is 2.18. The minimum atomic E-state index is -0.778. The van der Waals surface area contributed by atoms with Gasteiger partial charge in [0.25, 0.3) is 0 Å². The van der Waals surface area contributed by atoms with Crippen molar-refractivity contribution in [1.82, 2.24) is 0 Å². The van der Waals surface area contributed by atoms with E-state index in [0.717, 1.165) is 83.5 Å². The standard InChI is InChI=1S/C74H134O6/c1-4-7-10-13-16-19-22-25-28-31-34-36-37-39-40-43-46-49-52-55-58-61-64-67-73(76)79-70-71(69-78-72(75)66-63-60-57-54-51-48-45-42-33-30-27-24-21-18-15-12-9-6-3)80-74(77)68-65-62-59-56-53-50-47-44-41-38-35-32-29-26-23-20-17-14-11-8-5-2/h7,10,16,19,25,28,30,33-34,36,71H,4-6,8-9,11-15,17-18,20-24,26-27,29,31-32,35,37-70H2,1-3H3/b10-7-,19-16-,28-25-,33-30-,36-34-. The third-order valence-electron chi connectivity index (χ3n) is 15.8. The summed E-state index contributed by atoms with van der Waals surface area (Å²) in [5, 5.41) is 0. The Kier molecular flexibility index (Phi) is 66.1. The molecular weight excluding hydrogens is 985 g/mol. The zero-order chi connectivity index (χ0) is 57.8. The van der Waals surface area contributed by atoms with Gasteiger partial charge < -0.3 is 14.2 Å². The quantitative estimate of drug-likeness (QED) is 0.0261. The summed E-state index contributed by atoms with van der Waals surface area (Å²) in [5.74, 6) is -0.855. The van der Waals surface area contributed by atoms with Gasteiger partial charge >= 0.3 is 17.9 Å². The van der Waals surface area contributed by atoms with Crippen molar-refractivity contribution in [3.8, 4) is 0 Å². The fraction of sp³-hybridized carbons (Fsp3) is 0.824. The fourth-order valence-corrected chi connectivity index (χ4v) is 10.5. The minimum Gasteiger partial charge on any atom is -0.462 e. The Morgan fingerprint density at radius 2 is 0.487 bits per heavy atom. The average Bonchev–Trinajstić information content (AvgIpc) is 3.46. The maximum atomic E-state index is 13.0. The monoisotopic (exact) mass is 1120 g/mol. The third-order valence-corrected chi connectivity index (χ3v) is 15.8. The van der Waals surface area contributed by atoms with Crippen LogP contribution < -0.4 is 0 Å². The van der Waals surface area contributed by atoms with Crippen molar-refractivity contribution < 1.29 is 28.6 Å². The minimum absolute atomic E-state index is 0.0735. The highest BCUT2D eigenvalue weighted by Gasteiger charge is 2.19. The number of rotatable bonds is 65. The van der Waals surface area contributed by atoms with Crippen LogP contribution in [-0.4, -0.2) is 37.2 Å². The van der Waals surface area contributed by atoms with Crippen LogP contribution in [0.25, 0.3) is 0 Å². The van der Waals surface area contributed by atoms with Crippen LogP contribution in [0.5, 0.6) is 0 Å². The summed E-state index contributed by atoms with van der Waals surface area (Å²) >= 11 is 0. The fourth-order valence-electron chi connectivity index (χ4n) is 10.5. The Balaban J connectivity index is 4.34. The maximum absolute atomic E-state index is 13.0. The zero-order valence-corrected chi connectivity index (χ0v) is 53.6. The molecule has 0 spiro atoms. The molecule has 0 N–H and O–H groups in total. The second kappa shape index (κ2) is 68.6. The van der Waals surface area contributed by atoms with E-state index in [4.69, 9.17) is 14.2 Å². The summed E-state index contributed by atoms with van der Waals surface area (Å²) in [6, 6.07) is 0. The van der Waals surface area contributed by atoms with Gasteiger partial charge in [-0.25, -0.2) is 0 Å². The first-order valence-electron chi connectivity index (χ1n) is 35.3. The summed E-state index contributed by atoms with van der Waals surface area (Å²) in [6.07, 6.45) is 88.1. The second-order valence-corrected chi connectivity index (χ2v) is 23.8. The molecule has 0 aromatic rings. The van der Waals surface area contributed by atoms with Crippen molar-refractivity contribution in [3.05, 3.63) is 60.8 Å². The van der Waals surface area contributed by atoms with Gasteiger partial charge in [0.15, 0.2) is 6.10 Å². The number of hydrogen-bond acceptors (Lipinski definition) is 6. The number of carbonyl (C=O) groups is 3. The lowest BCUT2D eigenvalue weighted by Crippen LogP contribution is -2.30. The molecule has 0 saturated carbocycles. The zero-order valence-electron chi connectivity index (χ0n) is 53.6. The van der Waals surface area contributed by atoms with Crippen molar-refractivity contribution in [1.29, 1.82) is 0 Å². The maximum Gasteiger partial charge on any atom is 0.306 e. The van der Waals surface area contributed by atoms with Crippen molar-refractivity contribution >= 4 is 17.9 Å². The molecule has 80 heavy (non-hydrogen) atoms. The Morgan fingerprint density at radius 1 is 0.263 bits per heavy atom. The first-order chi connectivity index (χ1) is 39.5. The summed E-state index contributed by atoms with van der Waals surface area (Å²) in [6.45, 7) is 6.59. The molecular formula is C74H134O6. The average molecular weight is 1120 g/mol. The Hall–Kier alpha value is -2.89. The van der Waals surface area contributed by atoms with E-state index < -0.39 is 6.10 Å². The molecule has 0 aliphatic heterocycles. The summed E-state index contributed by atoms with van der Waals surface area (Å²) in [5.41, 5.74) is 0. The van der Waals surface area contributed by atoms with Gasteiger partial charge in [-0.15, -0.1) is 0 Å². The summed E-state index contributed by atoms with van der Waals surface area (Å²) in [7, 11) is 0. The Morgan fingerprint density at radius 3 is 0.775 bits per heavy atom. The summed E-state index contributed by atoms with van der Waals surface area (Å²) in [4.78, 5) is 38.5. The van der Waals surface area contributed by atoms with Crippen LogP contribution in [0.2, 0.25) is 0 Å². The van der Waals surface area contributed by atoms with E-state index in [1.165, 1.54) is 250 Å². The molecule has 0 heterocycles. The molecule has 6 nitrogen and oxygen atoms in total. The van der Waals surface area contributed by atoms with Gasteiger partial charge in [0.2, 0.25) is 0 Å². The highest BCUT2D eigenvalue weighted by atomic mass is 16.6. The molecule has 0 amide bonds. The smallest absolute Gasteiger partial charge is 0.306 e. The van der Waals surface area contributed by atoms with Gasteiger partial charge in [-0.2, -0.15) is 0 Å². The van der Waals surface area contributed by atoms with E-state index in [2.05, 4.69) is 81.5 Å². The van der Waals surface area contributed by atoms with E-state index in [1.54, 1.807) is 0 Å². The Labute approximate surface area is 498 Å². The van der Waals surface area contributed by atoms with Crippen molar-refractivity contribution in [2.75, 3.05) is 13.2 Å². The molecule has 0 aromatic heterocycles. The molecule has 1 unspecified atom stereocenters. The van der Waals surface area contributed by atoms with E-state index >= 15 is 0 Å². The molecule has 0 rings (SSSR count). The van der Waals surface area contributed by atoms with Crippen LogP contribution in [0.15, 0.2) is 60.8 Å². The van der Waals surface area contributed by atoms with E-state index in [1.807, 2.05) is 0 Å². The lowest BCUT2D eigenvalue weighted by atomic mass is 10.0. The van der Waals surface area contributed by atoms with Crippen LogP contribution in [0.1, 0.15) is 374 Å². The largest absolute Gasteiger partial charge is 0.462 e. The van der Waals surface area contributed by atoms with Gasteiger partial charge in [0.1, 0.15) is 13.2 Å². The van der Waals surface area contributed by atoms with Crippen molar-refractivity contribution in [2.45, 2.75) is 380 Å². The molecule has 0 aliphatic carbocycles. The second-order valence-electron chi connectivity index (χ2n) is 23.8. The van der Waals surface area contributed by atoms with Crippen LogP contribution in [0.4, 0.5) is 0 Å². The van der Waals surface area contributed by atoms with E-state index in [0.29, 0.717) is 19.3 Å². The van der Waals surface area contributed by atoms with Gasteiger partial charge in [-0.1, -0.05) is 332 Å². The molecule has 0 bridgehead atoms. The lowest BCUT2D eigenvalue weighted by molar-refractivity contribution is -0.167. The number of hydrogen-bond donors (Lipinski definition) is 0. The molecule has 466 valence electrons. The first kappa shape index (κ1) is 77.1. The number of unbranched alkanes of at least 4 members (excludes halogenated alkanes) is 44. The van der Waals surface area contributed by atoms with Gasteiger partial charge in [0.05, 0.1) is 0 Å². The van der Waals surface area contributed by atoms with Gasteiger partial charge in [0, 0.05) is 19.3 Å². The van der Waals surface area contributed by atoms with Crippen LogP contribution in [-0.2, 0) is 28.6 Å². The Bertz CT molecular complexity index is 1430. The van der Waals surface area contributed by atoms with Crippen LogP contribution in [0.3, 0.4) is 0 Å². The van der Waals surface area contributed by atoms with E-state index in [-0.39, 0.29) is 31.1 Å². The number of esters is 3. The molecule has 1 atom stereocenters. The predicted molar refractivity (Wildman–Crippen MR) is 348 cm³/mol. The van der Waals surface area contributed by atoms with Crippen LogP contribution in [0, 0.1) is 0 Å². The topological polar surface area (TPSA) is 78.9 Å². The molecule has 0 aromatic carbocycles. The molecule has 0 radical (unpaired) electrons. The van der Waals surface area contributed by atoms with Crippen LogP contribution >= 0.6 is 0 Å². The molecule has 0 saturated heterocycles. The first-order valence-corrected chi connectivity index (χ1v) is 35.3. The molecule has 6 heteroatoms. The number of ether oxygens (including phenoxy) is 3. The van der Waals surface area contributed by atoms with Gasteiger partial charge in [-0.05, 0) is 83.5 Å². The number of allylic oxidation sites excluding steroid dienone is 10. The molecule has 0 fully saturated rings. The van der Waals surface area contributed by atoms with E-state index in [9.17, 15) is 14.4 Å². The number of carbonyl (C=O) groups excluding carboxylic acids is 3. The summed E-state index contributed by atoms with van der Waals surface area (Å²) < 4.78 is 17.0. The van der Waals surface area contributed by atoms with Crippen molar-refractivity contribution in [3.63, 3.8) is 0 Å². The van der Waals surface area contributed by atoms with Crippen molar-refractivity contribution in [2.24, 2.45) is 0 Å². The highest BCUT2D eigenvalue weighted by molar-refractivity contribution is 5.71.